The Morgan fingerprint density at radius 3 is 2.76 bits per heavy atom. The third-order valence-electron chi connectivity index (χ3n) is 4.32. The molecule has 1 aliphatic heterocycles. The highest BCUT2D eigenvalue weighted by atomic mass is 16.5. The highest BCUT2D eigenvalue weighted by Gasteiger charge is 2.23. The number of rotatable bonds is 3. The van der Waals surface area contributed by atoms with Gasteiger partial charge in [-0.2, -0.15) is 0 Å². The maximum atomic E-state index is 12.9. The maximum absolute atomic E-state index is 12.9. The van der Waals surface area contributed by atoms with Gasteiger partial charge in [-0.1, -0.05) is 5.92 Å². The zero-order valence-corrected chi connectivity index (χ0v) is 14.6. The summed E-state index contributed by atoms with van der Waals surface area (Å²) in [7, 11) is 2.85. The van der Waals surface area contributed by atoms with E-state index in [2.05, 4.69) is 27.0 Å². The molecule has 0 saturated carbocycles. The number of fused-ring (bicyclic) bond motifs is 1. The van der Waals surface area contributed by atoms with Crippen molar-refractivity contribution in [1.29, 1.82) is 0 Å². The normalized spacial score (nSPS) is 14.3. The van der Waals surface area contributed by atoms with E-state index in [9.17, 15) is 9.59 Å². The van der Waals surface area contributed by atoms with Gasteiger partial charge in [0.15, 0.2) is 0 Å². The highest BCUT2D eigenvalue weighted by Crippen LogP contribution is 2.22. The molecule has 1 saturated heterocycles. The van der Waals surface area contributed by atoms with Crippen LogP contribution in [0.25, 0.3) is 11.0 Å². The largest absolute Gasteiger partial charge is 0.464 e. The number of ether oxygens (including phenoxy) is 1. The van der Waals surface area contributed by atoms with Gasteiger partial charge in [-0.25, -0.2) is 9.78 Å². The van der Waals surface area contributed by atoms with E-state index in [1.54, 1.807) is 20.0 Å². The summed E-state index contributed by atoms with van der Waals surface area (Å²) in [6, 6.07) is 1.60. The third kappa shape index (κ3) is 2.98. The van der Waals surface area contributed by atoms with Crippen molar-refractivity contribution < 1.29 is 9.53 Å². The lowest BCUT2D eigenvalue weighted by molar-refractivity contribution is 0.0588. The first-order valence-corrected chi connectivity index (χ1v) is 8.12. The number of aromatic nitrogens is 3. The number of anilines is 1. The summed E-state index contributed by atoms with van der Waals surface area (Å²) in [6.07, 6.45) is 0. The van der Waals surface area contributed by atoms with Crippen LogP contribution in [0.2, 0.25) is 0 Å². The number of carbonyl (C=O) groups is 1. The number of imidazole rings is 1. The Morgan fingerprint density at radius 1 is 1.40 bits per heavy atom. The lowest BCUT2D eigenvalue weighted by atomic mass is 10.3. The van der Waals surface area contributed by atoms with Crippen molar-refractivity contribution in [1.82, 2.24) is 19.4 Å². The number of hydrogen-bond acceptors (Lipinski definition) is 6. The van der Waals surface area contributed by atoms with Crippen LogP contribution in [-0.4, -0.2) is 53.4 Å². The summed E-state index contributed by atoms with van der Waals surface area (Å²) >= 11 is 0. The predicted octanol–water partition coefficient (Wildman–Crippen LogP) is -0.0455. The van der Waals surface area contributed by atoms with Gasteiger partial charge in [0.2, 0.25) is 5.95 Å². The van der Waals surface area contributed by atoms with Crippen molar-refractivity contribution in [2.75, 3.05) is 38.2 Å². The minimum atomic E-state index is -0.562. The smallest absolute Gasteiger partial charge is 0.354 e. The third-order valence-corrected chi connectivity index (χ3v) is 4.32. The number of methoxy groups -OCH3 is 1. The molecule has 0 unspecified atom stereocenters. The average Bonchev–Trinajstić information content (AvgIpc) is 3.01. The van der Waals surface area contributed by atoms with Crippen LogP contribution >= 0.6 is 0 Å². The van der Waals surface area contributed by atoms with Crippen LogP contribution in [0.15, 0.2) is 10.9 Å². The van der Waals surface area contributed by atoms with Crippen LogP contribution in [0.4, 0.5) is 5.95 Å². The van der Waals surface area contributed by atoms with Gasteiger partial charge in [0.1, 0.15) is 11.2 Å². The first-order chi connectivity index (χ1) is 12.1. The Kier molecular flexibility index (Phi) is 4.76. The molecule has 0 aromatic carbocycles. The topological polar surface area (TPSA) is 81.4 Å². The average molecular weight is 343 g/mol. The number of nitrogens with zero attached hydrogens (tertiary/aromatic N) is 4. The molecule has 1 aliphatic rings. The van der Waals surface area contributed by atoms with E-state index in [1.807, 2.05) is 4.57 Å². The lowest BCUT2D eigenvalue weighted by Gasteiger charge is -2.28. The van der Waals surface area contributed by atoms with Gasteiger partial charge in [0.25, 0.3) is 5.56 Å². The van der Waals surface area contributed by atoms with Gasteiger partial charge in [-0.05, 0) is 13.0 Å². The molecule has 3 rings (SSSR count). The Labute approximate surface area is 145 Å². The van der Waals surface area contributed by atoms with E-state index in [0.29, 0.717) is 23.5 Å². The van der Waals surface area contributed by atoms with Crippen molar-refractivity contribution in [2.24, 2.45) is 7.05 Å². The predicted molar refractivity (Wildman–Crippen MR) is 94.8 cm³/mol. The number of pyridine rings is 1. The van der Waals surface area contributed by atoms with Gasteiger partial charge in [-0.15, -0.1) is 5.92 Å². The number of esters is 1. The summed E-state index contributed by atoms with van der Waals surface area (Å²) in [5.41, 5.74) is 0.823. The first-order valence-electron chi connectivity index (χ1n) is 8.12. The van der Waals surface area contributed by atoms with Crippen LogP contribution in [0.1, 0.15) is 17.4 Å². The fourth-order valence-electron chi connectivity index (χ4n) is 2.99. The van der Waals surface area contributed by atoms with E-state index in [-0.39, 0.29) is 11.3 Å². The molecule has 0 radical (unpaired) electrons. The molecule has 1 fully saturated rings. The summed E-state index contributed by atoms with van der Waals surface area (Å²) < 4.78 is 7.90. The lowest BCUT2D eigenvalue weighted by Crippen LogP contribution is -2.44. The molecule has 0 amide bonds. The molecule has 132 valence electrons. The van der Waals surface area contributed by atoms with Crippen LogP contribution in [0.3, 0.4) is 0 Å². The first kappa shape index (κ1) is 17.0. The fraction of sp³-hybridized carbons (Fsp3) is 0.471. The molecule has 8 heteroatoms. The molecule has 25 heavy (non-hydrogen) atoms. The molecule has 3 heterocycles. The van der Waals surface area contributed by atoms with Crippen LogP contribution in [0.5, 0.6) is 0 Å². The SMILES string of the molecule is CC#CCn1c(N2CCNCC2)nc2cc(C(=O)OC)n(C)c(=O)c21. The summed E-state index contributed by atoms with van der Waals surface area (Å²) in [5.74, 6) is 6.01. The standard InChI is InChI=1S/C17H21N5O3/c1-4-5-8-22-14-12(19-17(22)21-9-6-18-7-10-21)11-13(16(24)25-3)20(2)15(14)23/h11,18H,6-10H2,1-3H3. The zero-order valence-electron chi connectivity index (χ0n) is 14.6. The number of nitrogens with one attached hydrogen (secondary N) is 1. The Hall–Kier alpha value is -2.79. The molecular formula is C17H21N5O3. The number of hydrogen-bond donors (Lipinski definition) is 1. The second-order valence-corrected chi connectivity index (χ2v) is 5.78. The summed E-state index contributed by atoms with van der Waals surface area (Å²) in [6.45, 7) is 5.44. The van der Waals surface area contributed by atoms with Gasteiger partial charge in [0, 0.05) is 33.2 Å². The molecule has 0 aliphatic carbocycles. The molecule has 0 atom stereocenters. The molecule has 0 spiro atoms. The Balaban J connectivity index is 2.24. The van der Waals surface area contributed by atoms with E-state index in [1.165, 1.54) is 11.7 Å². The Bertz CT molecular complexity index is 926. The molecule has 1 N–H and O–H groups in total. The molecule has 2 aromatic rings. The Morgan fingerprint density at radius 2 is 2.12 bits per heavy atom. The zero-order chi connectivity index (χ0) is 18.0. The number of carbonyl (C=O) groups excluding carboxylic acids is 1. The van der Waals surface area contributed by atoms with Gasteiger partial charge < -0.3 is 19.5 Å². The van der Waals surface area contributed by atoms with Gasteiger partial charge in [-0.3, -0.25) is 9.36 Å². The fourth-order valence-corrected chi connectivity index (χ4v) is 2.99. The van der Waals surface area contributed by atoms with Crippen molar-refractivity contribution in [3.8, 4) is 11.8 Å². The molecule has 0 bridgehead atoms. The van der Waals surface area contributed by atoms with Gasteiger partial charge >= 0.3 is 5.97 Å². The summed E-state index contributed by atoms with van der Waals surface area (Å²) in [5, 5.41) is 3.30. The monoisotopic (exact) mass is 343 g/mol. The molecule has 8 nitrogen and oxygen atoms in total. The molecule has 2 aromatic heterocycles. The minimum absolute atomic E-state index is 0.179. The summed E-state index contributed by atoms with van der Waals surface area (Å²) in [4.78, 5) is 31.6. The highest BCUT2D eigenvalue weighted by molar-refractivity contribution is 5.92. The maximum Gasteiger partial charge on any atom is 0.354 e. The van der Waals surface area contributed by atoms with Crippen molar-refractivity contribution >= 4 is 23.0 Å². The minimum Gasteiger partial charge on any atom is -0.464 e. The second-order valence-electron chi connectivity index (χ2n) is 5.78. The quantitative estimate of drug-likeness (QED) is 0.622. The van der Waals surface area contributed by atoms with Crippen LogP contribution in [-0.2, 0) is 18.3 Å². The van der Waals surface area contributed by atoms with Crippen molar-refractivity contribution in [2.45, 2.75) is 13.5 Å². The van der Waals surface area contributed by atoms with E-state index >= 15 is 0 Å². The van der Waals surface area contributed by atoms with E-state index in [0.717, 1.165) is 26.2 Å². The van der Waals surface area contributed by atoms with Crippen LogP contribution < -0.4 is 15.8 Å². The second kappa shape index (κ2) is 6.99. The number of piperazine rings is 1. The molecular weight excluding hydrogens is 322 g/mol. The van der Waals surface area contributed by atoms with Crippen molar-refractivity contribution in [3.63, 3.8) is 0 Å². The van der Waals surface area contributed by atoms with E-state index < -0.39 is 5.97 Å². The van der Waals surface area contributed by atoms with Crippen molar-refractivity contribution in [3.05, 3.63) is 22.1 Å². The van der Waals surface area contributed by atoms with E-state index in [4.69, 9.17) is 4.74 Å². The van der Waals surface area contributed by atoms with Crippen LogP contribution in [0, 0.1) is 11.8 Å². The van der Waals surface area contributed by atoms with Gasteiger partial charge in [0.05, 0.1) is 19.2 Å².